The highest BCUT2D eigenvalue weighted by molar-refractivity contribution is 9.10. The van der Waals surface area contributed by atoms with Gasteiger partial charge in [0.05, 0.1) is 10.5 Å². The lowest BCUT2D eigenvalue weighted by Gasteiger charge is -2.15. The van der Waals surface area contributed by atoms with Crippen molar-refractivity contribution in [1.29, 1.82) is 0 Å². The number of anilines is 1. The smallest absolute Gasteiger partial charge is 0.241 e. The van der Waals surface area contributed by atoms with E-state index in [1.807, 2.05) is 19.1 Å². The Hall–Kier alpha value is -0.420. The second-order valence-corrected chi connectivity index (χ2v) is 5.44. The number of rotatable bonds is 1. The monoisotopic (exact) mass is 332 g/mol. The van der Waals surface area contributed by atoms with Crippen LogP contribution in [0.2, 0.25) is 0 Å². The number of aromatic nitrogens is 1. The Bertz CT molecular complexity index is 408. The van der Waals surface area contributed by atoms with Gasteiger partial charge in [0.1, 0.15) is 5.82 Å². The van der Waals surface area contributed by atoms with Gasteiger partial charge >= 0.3 is 0 Å². The van der Waals surface area contributed by atoms with Crippen molar-refractivity contribution in [2.75, 3.05) is 11.4 Å². The van der Waals surface area contributed by atoms with Crippen molar-refractivity contribution >= 4 is 43.6 Å². The number of carbonyl (C=O) groups excluding carboxylic acids is 1. The topological polar surface area (TPSA) is 33.2 Å². The van der Waals surface area contributed by atoms with Crippen LogP contribution in [-0.2, 0) is 4.79 Å². The first-order valence-electron chi connectivity index (χ1n) is 4.68. The molecule has 1 amide bonds. The van der Waals surface area contributed by atoms with Crippen molar-refractivity contribution in [2.45, 2.75) is 18.2 Å². The van der Waals surface area contributed by atoms with Crippen molar-refractivity contribution in [3.05, 3.63) is 22.3 Å². The summed E-state index contributed by atoms with van der Waals surface area (Å²) in [5.41, 5.74) is 0.901. The molecule has 0 aromatic carbocycles. The molecule has 5 heteroatoms. The number of aryl methyl sites for hydroxylation is 1. The lowest BCUT2D eigenvalue weighted by atomic mass is 10.3. The molecule has 2 heterocycles. The molecule has 0 spiro atoms. The average molecular weight is 334 g/mol. The summed E-state index contributed by atoms with van der Waals surface area (Å²) >= 11 is 6.74. The van der Waals surface area contributed by atoms with Gasteiger partial charge in [-0.05, 0) is 41.4 Å². The molecule has 1 aromatic heterocycles. The first kappa shape index (κ1) is 11.1. The highest BCUT2D eigenvalue weighted by Crippen LogP contribution is 2.25. The van der Waals surface area contributed by atoms with Gasteiger partial charge in [0.15, 0.2) is 0 Å². The van der Waals surface area contributed by atoms with E-state index in [1.54, 1.807) is 4.90 Å². The zero-order valence-corrected chi connectivity index (χ0v) is 11.4. The Morgan fingerprint density at radius 2 is 2.27 bits per heavy atom. The van der Waals surface area contributed by atoms with Gasteiger partial charge in [0, 0.05) is 11.0 Å². The van der Waals surface area contributed by atoms with Crippen LogP contribution in [0.5, 0.6) is 0 Å². The summed E-state index contributed by atoms with van der Waals surface area (Å²) in [7, 11) is 0. The lowest BCUT2D eigenvalue weighted by Crippen LogP contribution is -2.28. The molecule has 1 saturated heterocycles. The standard InChI is InChI=1S/C10H10Br2N2O/c1-6-7(11)2-3-9(13-6)14-5-4-8(12)10(14)15/h2-3,8H,4-5H2,1H3. The number of nitrogens with zero attached hydrogens (tertiary/aromatic N) is 2. The number of alkyl halides is 1. The fraction of sp³-hybridized carbons (Fsp3) is 0.400. The second kappa shape index (κ2) is 4.22. The SMILES string of the molecule is Cc1nc(N2CCC(Br)C2=O)ccc1Br. The third-order valence-electron chi connectivity index (χ3n) is 2.42. The molecule has 1 unspecified atom stereocenters. The summed E-state index contributed by atoms with van der Waals surface area (Å²) in [6, 6.07) is 3.78. The number of hydrogen-bond acceptors (Lipinski definition) is 2. The largest absolute Gasteiger partial charge is 0.296 e. The molecule has 15 heavy (non-hydrogen) atoms. The Balaban J connectivity index is 2.31. The predicted octanol–water partition coefficient (Wildman–Crippen LogP) is 2.65. The zero-order valence-electron chi connectivity index (χ0n) is 8.20. The fourth-order valence-corrected chi connectivity index (χ4v) is 2.23. The van der Waals surface area contributed by atoms with E-state index >= 15 is 0 Å². The summed E-state index contributed by atoms with van der Waals surface area (Å²) in [5, 5.41) is 0. The molecular weight excluding hydrogens is 324 g/mol. The predicted molar refractivity (Wildman–Crippen MR) is 66.4 cm³/mol. The minimum absolute atomic E-state index is 0.0525. The van der Waals surface area contributed by atoms with E-state index in [0.29, 0.717) is 0 Å². The summed E-state index contributed by atoms with van der Waals surface area (Å²) in [6.45, 7) is 2.66. The van der Waals surface area contributed by atoms with Crippen molar-refractivity contribution in [3.63, 3.8) is 0 Å². The normalized spacial score (nSPS) is 21.1. The Morgan fingerprint density at radius 3 is 2.80 bits per heavy atom. The molecule has 1 atom stereocenters. The second-order valence-electron chi connectivity index (χ2n) is 3.48. The maximum absolute atomic E-state index is 11.7. The number of carbonyl (C=O) groups is 1. The highest BCUT2D eigenvalue weighted by Gasteiger charge is 2.31. The van der Waals surface area contributed by atoms with E-state index in [2.05, 4.69) is 36.8 Å². The molecule has 2 rings (SSSR count). The molecule has 1 aliphatic heterocycles. The van der Waals surface area contributed by atoms with Crippen LogP contribution in [0.15, 0.2) is 16.6 Å². The molecule has 1 aromatic rings. The molecule has 0 N–H and O–H groups in total. The molecule has 1 aliphatic rings. The molecule has 0 aliphatic carbocycles. The Morgan fingerprint density at radius 1 is 1.53 bits per heavy atom. The molecular formula is C10H10Br2N2O. The summed E-state index contributed by atoms with van der Waals surface area (Å²) in [4.78, 5) is 17.8. The van der Waals surface area contributed by atoms with E-state index < -0.39 is 0 Å². The minimum Gasteiger partial charge on any atom is -0.296 e. The first-order valence-corrected chi connectivity index (χ1v) is 6.39. The van der Waals surface area contributed by atoms with Crippen LogP contribution >= 0.6 is 31.9 Å². The van der Waals surface area contributed by atoms with Gasteiger partial charge in [-0.1, -0.05) is 15.9 Å². The Kier molecular flexibility index (Phi) is 3.11. The molecule has 0 bridgehead atoms. The van der Waals surface area contributed by atoms with Gasteiger partial charge < -0.3 is 0 Å². The van der Waals surface area contributed by atoms with E-state index in [1.165, 1.54) is 0 Å². The lowest BCUT2D eigenvalue weighted by molar-refractivity contribution is -0.116. The maximum atomic E-state index is 11.7. The van der Waals surface area contributed by atoms with Gasteiger partial charge in [-0.2, -0.15) is 0 Å². The van der Waals surface area contributed by atoms with Crippen LogP contribution in [0.3, 0.4) is 0 Å². The van der Waals surface area contributed by atoms with Gasteiger partial charge in [-0.25, -0.2) is 4.98 Å². The third kappa shape index (κ3) is 2.08. The number of hydrogen-bond donors (Lipinski definition) is 0. The molecule has 0 radical (unpaired) electrons. The number of amides is 1. The van der Waals surface area contributed by atoms with Crippen molar-refractivity contribution < 1.29 is 4.79 Å². The van der Waals surface area contributed by atoms with Gasteiger partial charge in [0.25, 0.3) is 0 Å². The third-order valence-corrected chi connectivity index (χ3v) is 4.11. The minimum atomic E-state index is -0.0525. The van der Waals surface area contributed by atoms with Crippen LogP contribution in [0.4, 0.5) is 5.82 Å². The molecule has 3 nitrogen and oxygen atoms in total. The summed E-state index contributed by atoms with van der Waals surface area (Å²) in [6.07, 6.45) is 0.843. The van der Waals surface area contributed by atoms with E-state index in [4.69, 9.17) is 0 Å². The number of pyridine rings is 1. The molecule has 0 saturated carbocycles. The van der Waals surface area contributed by atoms with E-state index in [0.717, 1.165) is 29.0 Å². The highest BCUT2D eigenvalue weighted by atomic mass is 79.9. The van der Waals surface area contributed by atoms with Crippen LogP contribution in [0.25, 0.3) is 0 Å². The van der Waals surface area contributed by atoms with Crippen molar-refractivity contribution in [1.82, 2.24) is 4.98 Å². The molecule has 80 valence electrons. The zero-order chi connectivity index (χ0) is 11.0. The average Bonchev–Trinajstić information content (AvgIpc) is 2.53. The summed E-state index contributed by atoms with van der Waals surface area (Å²) in [5.74, 6) is 0.840. The van der Waals surface area contributed by atoms with Crippen LogP contribution in [-0.4, -0.2) is 22.3 Å². The van der Waals surface area contributed by atoms with E-state index in [9.17, 15) is 4.79 Å². The fourth-order valence-electron chi connectivity index (χ4n) is 1.55. The van der Waals surface area contributed by atoms with Gasteiger partial charge in [-0.15, -0.1) is 0 Å². The van der Waals surface area contributed by atoms with Crippen LogP contribution < -0.4 is 4.90 Å². The first-order chi connectivity index (χ1) is 7.09. The van der Waals surface area contributed by atoms with Crippen molar-refractivity contribution in [2.24, 2.45) is 0 Å². The van der Waals surface area contributed by atoms with Gasteiger partial charge in [-0.3, -0.25) is 9.69 Å². The molecule has 1 fully saturated rings. The number of halogens is 2. The maximum Gasteiger partial charge on any atom is 0.241 e. The summed E-state index contributed by atoms with van der Waals surface area (Å²) < 4.78 is 0.966. The van der Waals surface area contributed by atoms with E-state index in [-0.39, 0.29) is 10.7 Å². The van der Waals surface area contributed by atoms with Crippen LogP contribution in [0, 0.1) is 6.92 Å². The quantitative estimate of drug-likeness (QED) is 0.740. The van der Waals surface area contributed by atoms with Crippen molar-refractivity contribution in [3.8, 4) is 0 Å². The van der Waals surface area contributed by atoms with Crippen LogP contribution in [0.1, 0.15) is 12.1 Å². The van der Waals surface area contributed by atoms with Gasteiger partial charge in [0.2, 0.25) is 5.91 Å². The Labute approximate surface area is 105 Å².